The van der Waals surface area contributed by atoms with E-state index < -0.39 is 0 Å². The van der Waals surface area contributed by atoms with Gasteiger partial charge in [-0.3, -0.25) is 0 Å². The fourth-order valence-corrected chi connectivity index (χ4v) is 1.62. The molecule has 1 aromatic carbocycles. The van der Waals surface area contributed by atoms with Crippen LogP contribution in [-0.2, 0) is 0 Å². The molecule has 0 fully saturated rings. The van der Waals surface area contributed by atoms with Crippen molar-refractivity contribution < 1.29 is 0 Å². The molecule has 0 saturated heterocycles. The molecule has 1 heterocycles. The van der Waals surface area contributed by atoms with Crippen LogP contribution in [0.2, 0.25) is 0 Å². The molecule has 0 aliphatic heterocycles. The minimum Gasteiger partial charge on any atom is -0.384 e. The van der Waals surface area contributed by atoms with Gasteiger partial charge in [-0.05, 0) is 31.5 Å². The Morgan fingerprint density at radius 3 is 2.67 bits per heavy atom. The first kappa shape index (κ1) is 11.9. The lowest BCUT2D eigenvalue weighted by Crippen LogP contribution is -2.01. The third-order valence-corrected chi connectivity index (χ3v) is 2.49. The third kappa shape index (κ3) is 2.55. The molecular weight excluding hydrogens is 226 g/mol. The number of aryl methyl sites for hydroxylation is 2. The second-order valence-corrected chi connectivity index (χ2v) is 3.99. The highest BCUT2D eigenvalue weighted by Gasteiger charge is 2.03. The van der Waals surface area contributed by atoms with Gasteiger partial charge in [0.25, 0.3) is 0 Å². The van der Waals surface area contributed by atoms with Crippen LogP contribution in [0.3, 0.4) is 0 Å². The van der Waals surface area contributed by atoms with E-state index in [1.54, 1.807) is 25.1 Å². The Labute approximate surface area is 105 Å². The van der Waals surface area contributed by atoms with Crippen molar-refractivity contribution in [1.82, 2.24) is 9.97 Å². The fraction of sp³-hybridized carbons (Fsp3) is 0.154. The summed E-state index contributed by atoms with van der Waals surface area (Å²) >= 11 is 0. The summed E-state index contributed by atoms with van der Waals surface area (Å²) in [5.41, 5.74) is 8.13. The van der Waals surface area contributed by atoms with Gasteiger partial charge >= 0.3 is 0 Å². The van der Waals surface area contributed by atoms with Crippen LogP contribution in [0.15, 0.2) is 24.3 Å². The Morgan fingerprint density at radius 2 is 2.00 bits per heavy atom. The van der Waals surface area contributed by atoms with Crippen LogP contribution >= 0.6 is 0 Å². The van der Waals surface area contributed by atoms with Crippen LogP contribution in [-0.4, -0.2) is 9.97 Å². The Morgan fingerprint density at radius 1 is 1.22 bits per heavy atom. The van der Waals surface area contributed by atoms with E-state index in [0.29, 0.717) is 23.0 Å². The highest BCUT2D eigenvalue weighted by Crippen LogP contribution is 2.21. The molecule has 0 spiro atoms. The molecule has 0 radical (unpaired) electrons. The number of rotatable bonds is 2. The molecule has 0 aliphatic rings. The molecule has 0 saturated carbocycles. The molecule has 1 aromatic heterocycles. The molecule has 18 heavy (non-hydrogen) atoms. The number of benzene rings is 1. The van der Waals surface area contributed by atoms with Crippen LogP contribution in [0.1, 0.15) is 17.0 Å². The van der Waals surface area contributed by atoms with E-state index in [1.807, 2.05) is 13.0 Å². The van der Waals surface area contributed by atoms with Gasteiger partial charge in [0.15, 0.2) is 0 Å². The highest BCUT2D eigenvalue weighted by molar-refractivity contribution is 5.63. The smallest absolute Gasteiger partial charge is 0.136 e. The second kappa shape index (κ2) is 4.72. The molecule has 0 aliphatic carbocycles. The minimum atomic E-state index is 0.416. The van der Waals surface area contributed by atoms with Gasteiger partial charge in [-0.1, -0.05) is 6.07 Å². The minimum absolute atomic E-state index is 0.416. The Balaban J connectivity index is 2.36. The molecule has 3 N–H and O–H groups in total. The third-order valence-electron chi connectivity index (χ3n) is 2.49. The van der Waals surface area contributed by atoms with E-state index >= 15 is 0 Å². The zero-order valence-corrected chi connectivity index (χ0v) is 10.2. The van der Waals surface area contributed by atoms with Crippen LogP contribution in [0, 0.1) is 25.2 Å². The average Bonchev–Trinajstić information content (AvgIpc) is 2.30. The highest BCUT2D eigenvalue weighted by atomic mass is 15.0. The molecule has 0 atom stereocenters. The lowest BCUT2D eigenvalue weighted by Gasteiger charge is -2.10. The largest absolute Gasteiger partial charge is 0.384 e. The van der Waals surface area contributed by atoms with Gasteiger partial charge in [-0.2, -0.15) is 5.26 Å². The molecule has 90 valence electrons. The van der Waals surface area contributed by atoms with Crippen molar-refractivity contribution in [3.05, 3.63) is 41.2 Å². The maximum absolute atomic E-state index is 8.88. The van der Waals surface area contributed by atoms with Crippen molar-refractivity contribution in [2.75, 3.05) is 11.1 Å². The summed E-state index contributed by atoms with van der Waals surface area (Å²) in [5.74, 6) is 1.64. The van der Waals surface area contributed by atoms with Crippen LogP contribution in [0.5, 0.6) is 0 Å². The molecule has 5 heteroatoms. The Hall–Kier alpha value is -2.61. The predicted octanol–water partition coefficient (Wildman–Crippen LogP) is 2.29. The van der Waals surface area contributed by atoms with E-state index in [-0.39, 0.29) is 0 Å². The number of nitrogens with zero attached hydrogens (tertiary/aromatic N) is 3. The first-order chi connectivity index (χ1) is 8.58. The van der Waals surface area contributed by atoms with Crippen molar-refractivity contribution in [2.45, 2.75) is 13.8 Å². The van der Waals surface area contributed by atoms with Crippen LogP contribution in [0.4, 0.5) is 17.3 Å². The first-order valence-electron chi connectivity index (χ1n) is 5.47. The number of anilines is 3. The van der Waals surface area contributed by atoms with Crippen LogP contribution in [0.25, 0.3) is 0 Å². The summed E-state index contributed by atoms with van der Waals surface area (Å²) in [5, 5.41) is 12.0. The lowest BCUT2D eigenvalue weighted by molar-refractivity contribution is 1.06. The Bertz CT molecular complexity index is 608. The average molecular weight is 239 g/mol. The molecule has 5 nitrogen and oxygen atoms in total. The van der Waals surface area contributed by atoms with Crippen LogP contribution < -0.4 is 11.1 Å². The quantitative estimate of drug-likeness (QED) is 0.839. The number of nitrogens with two attached hydrogens (primary N) is 1. The second-order valence-electron chi connectivity index (χ2n) is 3.99. The van der Waals surface area contributed by atoms with E-state index in [0.717, 1.165) is 11.3 Å². The van der Waals surface area contributed by atoms with Crippen molar-refractivity contribution in [2.24, 2.45) is 0 Å². The van der Waals surface area contributed by atoms with Gasteiger partial charge in [0.05, 0.1) is 11.6 Å². The molecule has 2 aromatic rings. The number of nitriles is 1. The van der Waals surface area contributed by atoms with Crippen molar-refractivity contribution in [1.29, 1.82) is 5.26 Å². The first-order valence-corrected chi connectivity index (χ1v) is 5.47. The zero-order valence-electron chi connectivity index (χ0n) is 10.2. The number of nitrogens with one attached hydrogen (secondary N) is 1. The zero-order chi connectivity index (χ0) is 13.1. The summed E-state index contributed by atoms with van der Waals surface area (Å²) < 4.78 is 0. The molecule has 0 amide bonds. The van der Waals surface area contributed by atoms with E-state index in [1.165, 1.54) is 0 Å². The normalized spacial score (nSPS) is 9.83. The fourth-order valence-electron chi connectivity index (χ4n) is 1.62. The van der Waals surface area contributed by atoms with Crippen molar-refractivity contribution in [3.63, 3.8) is 0 Å². The van der Waals surface area contributed by atoms with E-state index in [2.05, 4.69) is 21.4 Å². The van der Waals surface area contributed by atoms with Gasteiger partial charge in [-0.25, -0.2) is 9.97 Å². The predicted molar refractivity (Wildman–Crippen MR) is 70.4 cm³/mol. The van der Waals surface area contributed by atoms with Crippen molar-refractivity contribution in [3.8, 4) is 6.07 Å². The SMILES string of the molecule is Cc1nc(N)cc(Nc2cc(C#N)ccc2C)n1. The molecule has 0 unspecified atom stereocenters. The summed E-state index contributed by atoms with van der Waals surface area (Å²) in [6, 6.07) is 9.21. The summed E-state index contributed by atoms with van der Waals surface area (Å²) in [6.07, 6.45) is 0. The Kier molecular flexibility index (Phi) is 3.11. The standard InChI is InChI=1S/C13H13N5/c1-8-3-4-10(7-14)5-11(8)18-13-6-12(15)16-9(2)17-13/h3-6H,1-2H3,(H3,15,16,17,18). The van der Waals surface area contributed by atoms with E-state index in [9.17, 15) is 0 Å². The van der Waals surface area contributed by atoms with Gasteiger partial charge < -0.3 is 11.1 Å². The molecule has 0 bridgehead atoms. The maximum atomic E-state index is 8.88. The number of hydrogen-bond donors (Lipinski definition) is 2. The number of aromatic nitrogens is 2. The lowest BCUT2D eigenvalue weighted by atomic mass is 10.1. The summed E-state index contributed by atoms with van der Waals surface area (Å²) in [4.78, 5) is 8.25. The van der Waals surface area contributed by atoms with Gasteiger partial charge in [-0.15, -0.1) is 0 Å². The monoisotopic (exact) mass is 239 g/mol. The maximum Gasteiger partial charge on any atom is 0.136 e. The number of nitrogen functional groups attached to an aromatic ring is 1. The number of hydrogen-bond acceptors (Lipinski definition) is 5. The van der Waals surface area contributed by atoms with Crippen molar-refractivity contribution >= 4 is 17.3 Å². The molecule has 2 rings (SSSR count). The van der Waals surface area contributed by atoms with Gasteiger partial charge in [0.2, 0.25) is 0 Å². The van der Waals surface area contributed by atoms with Gasteiger partial charge in [0, 0.05) is 11.8 Å². The van der Waals surface area contributed by atoms with Gasteiger partial charge in [0.1, 0.15) is 17.5 Å². The summed E-state index contributed by atoms with van der Waals surface area (Å²) in [6.45, 7) is 3.74. The summed E-state index contributed by atoms with van der Waals surface area (Å²) in [7, 11) is 0. The van der Waals surface area contributed by atoms with E-state index in [4.69, 9.17) is 11.0 Å². The molecular formula is C13H13N5. The topological polar surface area (TPSA) is 87.6 Å².